The SMILES string of the molecule is CN(CC(=O)N1CCC(N2CCC[C@H]2C(N)=O)CC1)c1ccccc1. The number of carbonyl (C=O) groups is 2. The number of para-hydroxylation sites is 1. The highest BCUT2D eigenvalue weighted by Crippen LogP contribution is 2.26. The number of rotatable bonds is 5. The van der Waals surface area contributed by atoms with E-state index < -0.39 is 0 Å². The number of nitrogens with zero attached hydrogens (tertiary/aromatic N) is 3. The summed E-state index contributed by atoms with van der Waals surface area (Å²) in [6.07, 6.45) is 3.75. The topological polar surface area (TPSA) is 69.9 Å². The van der Waals surface area contributed by atoms with E-state index in [9.17, 15) is 9.59 Å². The molecule has 1 atom stereocenters. The number of likely N-dealkylation sites (N-methyl/N-ethyl adjacent to an activating group) is 1. The molecule has 1 aromatic carbocycles. The van der Waals surface area contributed by atoms with Gasteiger partial charge in [-0.2, -0.15) is 0 Å². The molecule has 2 amide bonds. The molecule has 3 rings (SSSR count). The summed E-state index contributed by atoms with van der Waals surface area (Å²) in [7, 11) is 1.95. The Hall–Kier alpha value is -2.08. The highest BCUT2D eigenvalue weighted by atomic mass is 16.2. The first-order valence-electron chi connectivity index (χ1n) is 9.15. The fourth-order valence-corrected chi connectivity index (χ4v) is 4.06. The number of piperidine rings is 1. The van der Waals surface area contributed by atoms with Gasteiger partial charge >= 0.3 is 0 Å². The van der Waals surface area contributed by atoms with Crippen LogP contribution >= 0.6 is 0 Å². The minimum Gasteiger partial charge on any atom is -0.368 e. The van der Waals surface area contributed by atoms with Gasteiger partial charge in [0, 0.05) is 31.9 Å². The van der Waals surface area contributed by atoms with Crippen LogP contribution in [0.3, 0.4) is 0 Å². The maximum absolute atomic E-state index is 12.6. The van der Waals surface area contributed by atoms with Gasteiger partial charge < -0.3 is 15.5 Å². The molecule has 1 aromatic rings. The zero-order chi connectivity index (χ0) is 17.8. The molecule has 136 valence electrons. The molecule has 2 saturated heterocycles. The van der Waals surface area contributed by atoms with Crippen LogP contribution < -0.4 is 10.6 Å². The van der Waals surface area contributed by atoms with Crippen molar-refractivity contribution in [1.82, 2.24) is 9.80 Å². The third kappa shape index (κ3) is 4.12. The third-order valence-electron chi connectivity index (χ3n) is 5.48. The van der Waals surface area contributed by atoms with E-state index in [1.807, 2.05) is 47.2 Å². The van der Waals surface area contributed by atoms with Gasteiger partial charge in [0.15, 0.2) is 0 Å². The molecule has 0 radical (unpaired) electrons. The van der Waals surface area contributed by atoms with Crippen LogP contribution in [0.1, 0.15) is 25.7 Å². The van der Waals surface area contributed by atoms with E-state index in [-0.39, 0.29) is 17.9 Å². The zero-order valence-electron chi connectivity index (χ0n) is 14.9. The standard InChI is InChI=1S/C19H28N4O2/c1-21(15-6-3-2-4-7-15)14-18(24)22-12-9-16(10-13-22)23-11-5-8-17(23)19(20)25/h2-4,6-7,16-17H,5,8-14H2,1H3,(H2,20,25)/t17-/m0/s1. The molecule has 0 unspecified atom stereocenters. The predicted octanol–water partition coefficient (Wildman–Crippen LogP) is 1.06. The van der Waals surface area contributed by atoms with Gasteiger partial charge in [-0.1, -0.05) is 18.2 Å². The maximum atomic E-state index is 12.6. The average molecular weight is 344 g/mol. The predicted molar refractivity (Wildman–Crippen MR) is 98.2 cm³/mol. The number of anilines is 1. The smallest absolute Gasteiger partial charge is 0.242 e. The Bertz CT molecular complexity index is 599. The summed E-state index contributed by atoms with van der Waals surface area (Å²) >= 11 is 0. The van der Waals surface area contributed by atoms with E-state index in [0.29, 0.717) is 12.6 Å². The third-order valence-corrected chi connectivity index (χ3v) is 5.48. The summed E-state index contributed by atoms with van der Waals surface area (Å²) in [5.41, 5.74) is 6.58. The Balaban J connectivity index is 1.50. The van der Waals surface area contributed by atoms with Gasteiger partial charge in [0.1, 0.15) is 0 Å². The normalized spacial score (nSPS) is 22.1. The molecular weight excluding hydrogens is 316 g/mol. The lowest BCUT2D eigenvalue weighted by Crippen LogP contribution is -2.52. The number of primary amides is 1. The Morgan fingerprint density at radius 3 is 2.44 bits per heavy atom. The van der Waals surface area contributed by atoms with E-state index in [4.69, 9.17) is 5.73 Å². The lowest BCUT2D eigenvalue weighted by Gasteiger charge is -2.39. The first-order valence-corrected chi connectivity index (χ1v) is 9.15. The van der Waals surface area contributed by atoms with Gasteiger partial charge in [0.05, 0.1) is 12.6 Å². The summed E-state index contributed by atoms with van der Waals surface area (Å²) in [6.45, 7) is 2.85. The van der Waals surface area contributed by atoms with Crippen LogP contribution in [0.2, 0.25) is 0 Å². The number of hydrogen-bond acceptors (Lipinski definition) is 4. The molecule has 2 aliphatic heterocycles. The molecule has 0 bridgehead atoms. The summed E-state index contributed by atoms with van der Waals surface area (Å²) in [5, 5.41) is 0. The van der Waals surface area contributed by atoms with Gasteiger partial charge in [0.25, 0.3) is 0 Å². The zero-order valence-corrected chi connectivity index (χ0v) is 14.9. The van der Waals surface area contributed by atoms with Crippen molar-refractivity contribution in [3.8, 4) is 0 Å². The van der Waals surface area contributed by atoms with Crippen molar-refractivity contribution >= 4 is 17.5 Å². The van der Waals surface area contributed by atoms with E-state index in [2.05, 4.69) is 4.90 Å². The molecule has 0 spiro atoms. The molecule has 6 nitrogen and oxygen atoms in total. The van der Waals surface area contributed by atoms with Crippen molar-refractivity contribution < 1.29 is 9.59 Å². The van der Waals surface area contributed by atoms with E-state index >= 15 is 0 Å². The van der Waals surface area contributed by atoms with E-state index in [1.54, 1.807) is 0 Å². The van der Waals surface area contributed by atoms with Crippen LogP contribution in [0.25, 0.3) is 0 Å². The molecule has 2 heterocycles. The first-order chi connectivity index (χ1) is 12.1. The average Bonchev–Trinajstić information content (AvgIpc) is 3.12. The van der Waals surface area contributed by atoms with Crippen LogP contribution in [-0.2, 0) is 9.59 Å². The van der Waals surface area contributed by atoms with Crippen molar-refractivity contribution in [3.05, 3.63) is 30.3 Å². The molecule has 0 aliphatic carbocycles. The minimum atomic E-state index is -0.208. The van der Waals surface area contributed by atoms with Crippen LogP contribution in [0.15, 0.2) is 30.3 Å². The molecule has 0 saturated carbocycles. The number of benzene rings is 1. The summed E-state index contributed by atoms with van der Waals surface area (Å²) in [6, 6.07) is 10.2. The lowest BCUT2D eigenvalue weighted by atomic mass is 10.0. The number of carbonyl (C=O) groups excluding carboxylic acids is 2. The number of hydrogen-bond donors (Lipinski definition) is 1. The monoisotopic (exact) mass is 344 g/mol. The molecule has 2 fully saturated rings. The van der Waals surface area contributed by atoms with E-state index in [1.165, 1.54) is 0 Å². The molecule has 6 heteroatoms. The second kappa shape index (κ2) is 7.87. The number of likely N-dealkylation sites (tertiary alicyclic amines) is 2. The van der Waals surface area contributed by atoms with Gasteiger partial charge in [-0.25, -0.2) is 0 Å². The Morgan fingerprint density at radius 1 is 1.12 bits per heavy atom. The van der Waals surface area contributed by atoms with Gasteiger partial charge in [-0.15, -0.1) is 0 Å². The van der Waals surface area contributed by atoms with Crippen LogP contribution in [0.5, 0.6) is 0 Å². The lowest BCUT2D eigenvalue weighted by molar-refractivity contribution is -0.132. The highest BCUT2D eigenvalue weighted by Gasteiger charge is 2.36. The van der Waals surface area contributed by atoms with E-state index in [0.717, 1.165) is 51.0 Å². The summed E-state index contributed by atoms with van der Waals surface area (Å²) in [4.78, 5) is 30.4. The number of amides is 2. The Morgan fingerprint density at radius 2 is 1.80 bits per heavy atom. The summed E-state index contributed by atoms with van der Waals surface area (Å²) in [5.74, 6) is -0.0434. The largest absolute Gasteiger partial charge is 0.368 e. The maximum Gasteiger partial charge on any atom is 0.242 e. The fraction of sp³-hybridized carbons (Fsp3) is 0.579. The van der Waals surface area contributed by atoms with Crippen LogP contribution in [-0.4, -0.2) is 66.9 Å². The van der Waals surface area contributed by atoms with Crippen molar-refractivity contribution in [2.75, 3.05) is 38.1 Å². The molecular formula is C19H28N4O2. The van der Waals surface area contributed by atoms with Crippen molar-refractivity contribution in [2.24, 2.45) is 5.73 Å². The van der Waals surface area contributed by atoms with Gasteiger partial charge in [0.2, 0.25) is 11.8 Å². The molecule has 2 N–H and O–H groups in total. The molecule has 25 heavy (non-hydrogen) atoms. The quantitative estimate of drug-likeness (QED) is 0.867. The summed E-state index contributed by atoms with van der Waals surface area (Å²) < 4.78 is 0. The Kier molecular flexibility index (Phi) is 5.58. The van der Waals surface area contributed by atoms with Crippen molar-refractivity contribution in [2.45, 2.75) is 37.8 Å². The second-order valence-electron chi connectivity index (χ2n) is 7.10. The Labute approximate surface area is 149 Å². The number of nitrogens with two attached hydrogens (primary N) is 1. The second-order valence-corrected chi connectivity index (χ2v) is 7.10. The minimum absolute atomic E-state index is 0.114. The first kappa shape index (κ1) is 17.7. The van der Waals surface area contributed by atoms with Crippen molar-refractivity contribution in [1.29, 1.82) is 0 Å². The van der Waals surface area contributed by atoms with Crippen LogP contribution in [0.4, 0.5) is 5.69 Å². The molecule has 2 aliphatic rings. The highest BCUT2D eigenvalue weighted by molar-refractivity contribution is 5.81. The fourth-order valence-electron chi connectivity index (χ4n) is 4.06. The van der Waals surface area contributed by atoms with Gasteiger partial charge in [-0.3, -0.25) is 14.5 Å². The van der Waals surface area contributed by atoms with Crippen LogP contribution in [0, 0.1) is 0 Å². The van der Waals surface area contributed by atoms with Gasteiger partial charge in [-0.05, 0) is 44.4 Å². The van der Waals surface area contributed by atoms with Crippen molar-refractivity contribution in [3.63, 3.8) is 0 Å². The molecule has 0 aromatic heterocycles.